The van der Waals surface area contributed by atoms with Crippen LogP contribution in [0.1, 0.15) is 12.5 Å². The molecule has 1 amide bonds. The summed E-state index contributed by atoms with van der Waals surface area (Å²) in [7, 11) is 0. The van der Waals surface area contributed by atoms with Gasteiger partial charge in [-0.1, -0.05) is 49.4 Å². The molecule has 0 aliphatic rings. The van der Waals surface area contributed by atoms with Gasteiger partial charge in [0.15, 0.2) is 6.61 Å². The van der Waals surface area contributed by atoms with Crippen molar-refractivity contribution >= 4 is 5.91 Å². The number of carbonyl (C=O) groups excluding carboxylic acids is 1. The number of hydrogen-bond acceptors (Lipinski definition) is 4. The number of nitrogens with zero attached hydrogens (tertiary/aromatic N) is 2. The van der Waals surface area contributed by atoms with E-state index in [1.807, 2.05) is 54.6 Å². The number of carbonyl (C=O) groups is 1. The van der Waals surface area contributed by atoms with Gasteiger partial charge in [0.2, 0.25) is 0 Å². The third-order valence-corrected chi connectivity index (χ3v) is 4.28. The van der Waals surface area contributed by atoms with Gasteiger partial charge in [0.1, 0.15) is 5.75 Å². The molecule has 0 spiro atoms. The Hall–Kier alpha value is -3.41. The fraction of sp³-hybridized carbons (Fsp3) is 0.227. The summed E-state index contributed by atoms with van der Waals surface area (Å²) in [6.07, 6.45) is 0.958. The molecule has 144 valence electrons. The maximum atomic E-state index is 12.0. The molecule has 0 saturated heterocycles. The number of hydrogen-bond donors (Lipinski definition) is 1. The quantitative estimate of drug-likeness (QED) is 0.655. The first-order valence-corrected chi connectivity index (χ1v) is 9.27. The van der Waals surface area contributed by atoms with Gasteiger partial charge < -0.3 is 10.1 Å². The summed E-state index contributed by atoms with van der Waals surface area (Å²) in [6, 6.07) is 20.5. The molecule has 6 heteroatoms. The van der Waals surface area contributed by atoms with Gasteiger partial charge in [0.05, 0.1) is 12.2 Å². The maximum Gasteiger partial charge on any atom is 0.266 e. The number of benzene rings is 2. The lowest BCUT2D eigenvalue weighted by Gasteiger charge is -2.10. The monoisotopic (exact) mass is 377 g/mol. The number of aromatic nitrogens is 2. The van der Waals surface area contributed by atoms with E-state index in [9.17, 15) is 9.59 Å². The van der Waals surface area contributed by atoms with Gasteiger partial charge >= 0.3 is 0 Å². The molecular formula is C22H23N3O3. The summed E-state index contributed by atoms with van der Waals surface area (Å²) in [4.78, 5) is 24.0. The standard InChI is InChI=1S/C22H23N3O3/c1-2-17-8-10-19(11-9-17)28-16-21(26)23-14-15-25-22(27)13-12-20(24-25)18-6-4-3-5-7-18/h3-13H,2,14-16H2,1H3,(H,23,26). The molecule has 0 aliphatic heterocycles. The number of nitrogens with one attached hydrogen (secondary N) is 1. The molecular weight excluding hydrogens is 354 g/mol. The minimum absolute atomic E-state index is 0.0716. The van der Waals surface area contributed by atoms with Crippen molar-refractivity contribution in [2.75, 3.05) is 13.2 Å². The van der Waals surface area contributed by atoms with Crippen molar-refractivity contribution < 1.29 is 9.53 Å². The van der Waals surface area contributed by atoms with Gasteiger partial charge in [0.25, 0.3) is 11.5 Å². The van der Waals surface area contributed by atoms with Gasteiger partial charge in [-0.15, -0.1) is 0 Å². The molecule has 0 atom stereocenters. The second-order valence-electron chi connectivity index (χ2n) is 6.28. The van der Waals surface area contributed by atoms with Crippen LogP contribution < -0.4 is 15.6 Å². The van der Waals surface area contributed by atoms with Crippen molar-refractivity contribution in [1.29, 1.82) is 0 Å². The fourth-order valence-corrected chi connectivity index (χ4v) is 2.69. The van der Waals surface area contributed by atoms with Crippen LogP contribution >= 0.6 is 0 Å². The van der Waals surface area contributed by atoms with E-state index >= 15 is 0 Å². The summed E-state index contributed by atoms with van der Waals surface area (Å²) >= 11 is 0. The Morgan fingerprint density at radius 3 is 2.50 bits per heavy atom. The molecule has 0 radical (unpaired) electrons. The highest BCUT2D eigenvalue weighted by atomic mass is 16.5. The highest BCUT2D eigenvalue weighted by molar-refractivity contribution is 5.77. The topological polar surface area (TPSA) is 73.2 Å². The highest BCUT2D eigenvalue weighted by Gasteiger charge is 2.05. The van der Waals surface area contributed by atoms with E-state index in [-0.39, 0.29) is 24.6 Å². The van der Waals surface area contributed by atoms with Crippen LogP contribution in [0.4, 0.5) is 0 Å². The van der Waals surface area contributed by atoms with Crippen molar-refractivity contribution in [2.24, 2.45) is 0 Å². The van der Waals surface area contributed by atoms with Crippen molar-refractivity contribution in [1.82, 2.24) is 15.1 Å². The summed E-state index contributed by atoms with van der Waals surface area (Å²) < 4.78 is 6.83. The molecule has 0 fully saturated rings. The van der Waals surface area contributed by atoms with Gasteiger partial charge in [-0.3, -0.25) is 9.59 Å². The van der Waals surface area contributed by atoms with Crippen LogP contribution in [-0.2, 0) is 17.8 Å². The van der Waals surface area contributed by atoms with Crippen molar-refractivity contribution in [3.05, 3.63) is 82.6 Å². The first-order valence-electron chi connectivity index (χ1n) is 9.27. The van der Waals surface area contributed by atoms with Crippen LogP contribution in [-0.4, -0.2) is 28.8 Å². The molecule has 3 aromatic rings. The van der Waals surface area contributed by atoms with E-state index in [2.05, 4.69) is 17.3 Å². The van der Waals surface area contributed by atoms with Crippen LogP contribution in [0.25, 0.3) is 11.3 Å². The maximum absolute atomic E-state index is 12.0. The summed E-state index contributed by atoms with van der Waals surface area (Å²) in [5, 5.41) is 7.12. The Morgan fingerprint density at radius 1 is 1.04 bits per heavy atom. The van der Waals surface area contributed by atoms with E-state index in [0.717, 1.165) is 12.0 Å². The van der Waals surface area contributed by atoms with E-state index < -0.39 is 0 Å². The van der Waals surface area contributed by atoms with Gasteiger partial charge in [-0.2, -0.15) is 5.10 Å². The molecule has 6 nitrogen and oxygen atoms in total. The third-order valence-electron chi connectivity index (χ3n) is 4.28. The zero-order valence-electron chi connectivity index (χ0n) is 15.8. The molecule has 1 heterocycles. The normalized spacial score (nSPS) is 10.5. The zero-order chi connectivity index (χ0) is 19.8. The van der Waals surface area contributed by atoms with E-state index in [0.29, 0.717) is 18.0 Å². The van der Waals surface area contributed by atoms with Crippen molar-refractivity contribution in [3.8, 4) is 17.0 Å². The average molecular weight is 377 g/mol. The summed E-state index contributed by atoms with van der Waals surface area (Å²) in [6.45, 7) is 2.59. The minimum atomic E-state index is -0.244. The number of ether oxygens (including phenoxy) is 1. The first kappa shape index (κ1) is 19.4. The molecule has 0 bridgehead atoms. The third kappa shape index (κ3) is 5.30. The Balaban J connectivity index is 1.50. The van der Waals surface area contributed by atoms with Gasteiger partial charge in [-0.05, 0) is 30.2 Å². The van der Waals surface area contributed by atoms with E-state index in [1.54, 1.807) is 6.07 Å². The highest BCUT2D eigenvalue weighted by Crippen LogP contribution is 2.14. The Bertz CT molecular complexity index is 966. The number of rotatable bonds is 8. The predicted molar refractivity (Wildman–Crippen MR) is 108 cm³/mol. The molecule has 0 saturated carbocycles. The molecule has 2 aromatic carbocycles. The second kappa shape index (κ2) is 9.50. The van der Waals surface area contributed by atoms with E-state index in [1.165, 1.54) is 16.3 Å². The number of amides is 1. The van der Waals surface area contributed by atoms with Crippen LogP contribution in [0, 0.1) is 0 Å². The molecule has 0 unspecified atom stereocenters. The first-order chi connectivity index (χ1) is 13.7. The SMILES string of the molecule is CCc1ccc(OCC(=O)NCCn2nc(-c3ccccc3)ccc2=O)cc1. The Morgan fingerprint density at radius 2 is 1.79 bits per heavy atom. The summed E-state index contributed by atoms with van der Waals surface area (Å²) in [5.41, 5.74) is 2.65. The van der Waals surface area contributed by atoms with Crippen LogP contribution in [0.2, 0.25) is 0 Å². The van der Waals surface area contributed by atoms with Crippen LogP contribution in [0.5, 0.6) is 5.75 Å². The molecule has 0 aliphatic carbocycles. The minimum Gasteiger partial charge on any atom is -0.484 e. The molecule has 3 rings (SSSR count). The summed E-state index contributed by atoms with van der Waals surface area (Å²) in [5.74, 6) is 0.410. The van der Waals surface area contributed by atoms with Crippen LogP contribution in [0.3, 0.4) is 0 Å². The second-order valence-corrected chi connectivity index (χ2v) is 6.28. The molecule has 1 N–H and O–H groups in total. The average Bonchev–Trinajstić information content (AvgIpc) is 2.74. The Labute approximate surface area is 163 Å². The Kier molecular flexibility index (Phi) is 6.57. The largest absolute Gasteiger partial charge is 0.484 e. The number of aryl methyl sites for hydroxylation is 1. The van der Waals surface area contributed by atoms with Crippen LogP contribution in [0.15, 0.2) is 71.5 Å². The lowest BCUT2D eigenvalue weighted by molar-refractivity contribution is -0.123. The van der Waals surface area contributed by atoms with Crippen molar-refractivity contribution in [3.63, 3.8) is 0 Å². The fourth-order valence-electron chi connectivity index (χ4n) is 2.69. The lowest BCUT2D eigenvalue weighted by atomic mass is 10.1. The smallest absolute Gasteiger partial charge is 0.266 e. The molecule has 1 aromatic heterocycles. The lowest BCUT2D eigenvalue weighted by Crippen LogP contribution is -2.34. The zero-order valence-corrected chi connectivity index (χ0v) is 15.8. The van der Waals surface area contributed by atoms with Gasteiger partial charge in [-0.25, -0.2) is 4.68 Å². The van der Waals surface area contributed by atoms with Gasteiger partial charge in [0, 0.05) is 18.2 Å². The van der Waals surface area contributed by atoms with E-state index in [4.69, 9.17) is 4.74 Å². The van der Waals surface area contributed by atoms with Crippen molar-refractivity contribution in [2.45, 2.75) is 19.9 Å². The predicted octanol–water partition coefficient (Wildman–Crippen LogP) is 2.67. The molecule has 28 heavy (non-hydrogen) atoms.